The molecule has 1 amide bonds. The number of benzene rings is 2. The van der Waals surface area contributed by atoms with Crippen molar-refractivity contribution in [1.82, 2.24) is 0 Å². The Labute approximate surface area is 151 Å². The van der Waals surface area contributed by atoms with E-state index in [0.717, 1.165) is 0 Å². The number of aliphatic hydroxyl groups is 1. The molecule has 1 aliphatic heterocycles. The molecule has 1 aliphatic rings. The topological polar surface area (TPSA) is 83.9 Å². The molecule has 1 heterocycles. The van der Waals surface area contributed by atoms with E-state index in [1.54, 1.807) is 61.5 Å². The molecule has 6 heteroatoms. The van der Waals surface area contributed by atoms with Crippen LogP contribution >= 0.6 is 0 Å². The average molecular weight is 353 g/mol. The summed E-state index contributed by atoms with van der Waals surface area (Å²) in [5.74, 6) is -1.63. The first-order valence-electron chi connectivity index (χ1n) is 8.35. The van der Waals surface area contributed by atoms with Crippen molar-refractivity contribution in [3.05, 3.63) is 65.7 Å². The van der Waals surface area contributed by atoms with Gasteiger partial charge in [0, 0.05) is 11.1 Å². The van der Waals surface area contributed by atoms with E-state index in [1.807, 2.05) is 0 Å². The molecule has 0 unspecified atom stereocenters. The molecule has 6 nitrogen and oxygen atoms in total. The number of carbonyl (C=O) groups is 3. The summed E-state index contributed by atoms with van der Waals surface area (Å²) in [4.78, 5) is 38.5. The van der Waals surface area contributed by atoms with E-state index in [1.165, 1.54) is 4.90 Å². The maximum Gasteiger partial charge on any atom is 0.326 e. The quantitative estimate of drug-likeness (QED) is 0.635. The van der Waals surface area contributed by atoms with Crippen LogP contribution in [0.3, 0.4) is 0 Å². The molecule has 0 aliphatic carbocycles. The zero-order valence-corrected chi connectivity index (χ0v) is 14.3. The molecule has 1 atom stereocenters. The Morgan fingerprint density at radius 3 is 2.42 bits per heavy atom. The molecule has 0 saturated heterocycles. The van der Waals surface area contributed by atoms with Crippen LogP contribution in [-0.4, -0.2) is 35.9 Å². The summed E-state index contributed by atoms with van der Waals surface area (Å²) in [5.41, 5.74) is -0.863. The molecule has 0 bridgehead atoms. The number of rotatable bonds is 6. The minimum absolute atomic E-state index is 0.194. The number of Topliss-reactive ketones (excluding diaryl/α,β-unsaturated/α-hetero) is 1. The number of ketones is 1. The van der Waals surface area contributed by atoms with Gasteiger partial charge in [-0.25, -0.2) is 0 Å². The second kappa shape index (κ2) is 7.09. The van der Waals surface area contributed by atoms with E-state index in [0.29, 0.717) is 16.8 Å². The van der Waals surface area contributed by atoms with Crippen LogP contribution < -0.4 is 4.90 Å². The number of hydrogen-bond acceptors (Lipinski definition) is 5. The highest BCUT2D eigenvalue weighted by Crippen LogP contribution is 2.42. The van der Waals surface area contributed by atoms with Gasteiger partial charge in [-0.1, -0.05) is 48.5 Å². The van der Waals surface area contributed by atoms with Crippen LogP contribution in [0.1, 0.15) is 29.3 Å². The number of carbonyl (C=O) groups excluding carboxylic acids is 3. The number of para-hydroxylation sites is 1. The molecule has 26 heavy (non-hydrogen) atoms. The van der Waals surface area contributed by atoms with Gasteiger partial charge in [0.05, 0.1) is 18.7 Å². The van der Waals surface area contributed by atoms with Crippen LogP contribution in [0.15, 0.2) is 54.6 Å². The van der Waals surface area contributed by atoms with Gasteiger partial charge in [-0.3, -0.25) is 19.3 Å². The molecule has 1 N–H and O–H groups in total. The number of esters is 1. The Hall–Kier alpha value is -2.99. The lowest BCUT2D eigenvalue weighted by Crippen LogP contribution is -2.44. The van der Waals surface area contributed by atoms with Crippen molar-refractivity contribution in [3.63, 3.8) is 0 Å². The molecule has 0 saturated carbocycles. The van der Waals surface area contributed by atoms with Gasteiger partial charge in [0.25, 0.3) is 5.91 Å². The van der Waals surface area contributed by atoms with E-state index in [-0.39, 0.29) is 18.9 Å². The van der Waals surface area contributed by atoms with Crippen LogP contribution in [0.2, 0.25) is 0 Å². The molecule has 0 aromatic heterocycles. The molecule has 0 fully saturated rings. The first-order valence-corrected chi connectivity index (χ1v) is 8.35. The van der Waals surface area contributed by atoms with Crippen molar-refractivity contribution in [2.24, 2.45) is 0 Å². The number of amides is 1. The molecule has 0 radical (unpaired) electrons. The molecular weight excluding hydrogens is 334 g/mol. The standard InChI is InChI=1S/C20H19NO5/c1-2-26-18(23)13-21-16-11-7-6-10-15(16)20(25,19(21)24)12-17(22)14-8-4-3-5-9-14/h3-11,25H,2,12-13H2,1H3/t20-/m1/s1. The fourth-order valence-electron chi connectivity index (χ4n) is 3.13. The van der Waals surface area contributed by atoms with Gasteiger partial charge in [0.15, 0.2) is 11.4 Å². The smallest absolute Gasteiger partial charge is 0.326 e. The van der Waals surface area contributed by atoms with Crippen LogP contribution in [0, 0.1) is 0 Å². The molecule has 134 valence electrons. The van der Waals surface area contributed by atoms with E-state index >= 15 is 0 Å². The SMILES string of the molecule is CCOC(=O)CN1C(=O)[C@@](O)(CC(=O)c2ccccc2)c2ccccc21. The van der Waals surface area contributed by atoms with E-state index < -0.39 is 23.9 Å². The fourth-order valence-corrected chi connectivity index (χ4v) is 3.13. The summed E-state index contributed by atoms with van der Waals surface area (Å²) in [7, 11) is 0. The van der Waals surface area contributed by atoms with Crippen LogP contribution in [0.25, 0.3) is 0 Å². The summed E-state index contributed by atoms with van der Waals surface area (Å²) < 4.78 is 4.90. The molecular formula is C20H19NO5. The lowest BCUT2D eigenvalue weighted by atomic mass is 9.88. The van der Waals surface area contributed by atoms with Crippen molar-refractivity contribution >= 4 is 23.3 Å². The Bertz CT molecular complexity index is 848. The normalized spacial score (nSPS) is 18.5. The van der Waals surface area contributed by atoms with Gasteiger partial charge in [-0.05, 0) is 13.0 Å². The largest absolute Gasteiger partial charge is 0.465 e. The van der Waals surface area contributed by atoms with Gasteiger partial charge in [0.2, 0.25) is 0 Å². The Balaban J connectivity index is 1.93. The van der Waals surface area contributed by atoms with Crippen molar-refractivity contribution in [2.45, 2.75) is 18.9 Å². The highest BCUT2D eigenvalue weighted by Gasteiger charge is 2.51. The van der Waals surface area contributed by atoms with Gasteiger partial charge in [-0.2, -0.15) is 0 Å². The minimum Gasteiger partial charge on any atom is -0.465 e. The monoisotopic (exact) mass is 353 g/mol. The second-order valence-corrected chi connectivity index (χ2v) is 6.04. The molecule has 3 rings (SSSR count). The van der Waals surface area contributed by atoms with Crippen molar-refractivity contribution in [3.8, 4) is 0 Å². The summed E-state index contributed by atoms with van der Waals surface area (Å²) in [6.45, 7) is 1.55. The van der Waals surface area contributed by atoms with Crippen molar-refractivity contribution < 1.29 is 24.2 Å². The zero-order valence-electron chi connectivity index (χ0n) is 14.3. The van der Waals surface area contributed by atoms with Crippen molar-refractivity contribution in [2.75, 3.05) is 18.1 Å². The van der Waals surface area contributed by atoms with Gasteiger partial charge in [-0.15, -0.1) is 0 Å². The van der Waals surface area contributed by atoms with Crippen LogP contribution in [0.4, 0.5) is 5.69 Å². The molecule has 2 aromatic carbocycles. The fraction of sp³-hybridized carbons (Fsp3) is 0.250. The van der Waals surface area contributed by atoms with E-state index in [4.69, 9.17) is 4.74 Å². The maximum absolute atomic E-state index is 12.9. The third-order valence-corrected chi connectivity index (χ3v) is 4.34. The summed E-state index contributed by atoms with van der Waals surface area (Å²) in [5, 5.41) is 11.1. The first-order chi connectivity index (χ1) is 12.5. The number of nitrogens with zero attached hydrogens (tertiary/aromatic N) is 1. The summed E-state index contributed by atoms with van der Waals surface area (Å²) >= 11 is 0. The molecule has 2 aromatic rings. The molecule has 0 spiro atoms. The van der Waals surface area contributed by atoms with Crippen LogP contribution in [-0.2, 0) is 19.9 Å². The predicted molar refractivity (Wildman–Crippen MR) is 94.7 cm³/mol. The van der Waals surface area contributed by atoms with Crippen LogP contribution in [0.5, 0.6) is 0 Å². The van der Waals surface area contributed by atoms with Gasteiger partial charge >= 0.3 is 5.97 Å². The van der Waals surface area contributed by atoms with Gasteiger partial charge in [0.1, 0.15) is 6.54 Å². The Morgan fingerprint density at radius 2 is 1.73 bits per heavy atom. The highest BCUT2D eigenvalue weighted by atomic mass is 16.5. The third kappa shape index (κ3) is 3.11. The number of fused-ring (bicyclic) bond motifs is 1. The highest BCUT2D eigenvalue weighted by molar-refractivity contribution is 6.12. The minimum atomic E-state index is -2.00. The number of anilines is 1. The Kier molecular flexibility index (Phi) is 4.86. The zero-order chi connectivity index (χ0) is 18.7. The van der Waals surface area contributed by atoms with E-state index in [2.05, 4.69) is 0 Å². The lowest BCUT2D eigenvalue weighted by Gasteiger charge is -2.22. The first kappa shape index (κ1) is 17.8. The maximum atomic E-state index is 12.9. The average Bonchev–Trinajstić information content (AvgIpc) is 2.85. The predicted octanol–water partition coefficient (Wildman–Crippen LogP) is 2.06. The number of hydrogen-bond donors (Lipinski definition) is 1. The second-order valence-electron chi connectivity index (χ2n) is 6.04. The van der Waals surface area contributed by atoms with Gasteiger partial charge < -0.3 is 9.84 Å². The third-order valence-electron chi connectivity index (χ3n) is 4.34. The summed E-state index contributed by atoms with van der Waals surface area (Å²) in [6, 6.07) is 15.1. The van der Waals surface area contributed by atoms with E-state index in [9.17, 15) is 19.5 Å². The van der Waals surface area contributed by atoms with Crippen molar-refractivity contribution in [1.29, 1.82) is 0 Å². The number of ether oxygens (including phenoxy) is 1. The Morgan fingerprint density at radius 1 is 1.08 bits per heavy atom. The summed E-state index contributed by atoms with van der Waals surface area (Å²) in [6.07, 6.45) is -0.397. The lowest BCUT2D eigenvalue weighted by molar-refractivity contribution is -0.144.